The van der Waals surface area contributed by atoms with Crippen LogP contribution in [-0.2, 0) is 4.79 Å². The summed E-state index contributed by atoms with van der Waals surface area (Å²) >= 11 is 0. The van der Waals surface area contributed by atoms with Crippen molar-refractivity contribution in [3.05, 3.63) is 29.8 Å². The first kappa shape index (κ1) is 17.8. The van der Waals surface area contributed by atoms with Crippen molar-refractivity contribution in [2.75, 3.05) is 13.2 Å². The van der Waals surface area contributed by atoms with E-state index < -0.39 is 0 Å². The summed E-state index contributed by atoms with van der Waals surface area (Å²) < 4.78 is 5.67. The summed E-state index contributed by atoms with van der Waals surface area (Å²) in [4.78, 5) is 11.8. The Morgan fingerprint density at radius 3 is 2.76 bits per heavy atom. The fraction of sp³-hybridized carbons (Fsp3) is 0.562. The molecule has 5 heteroatoms. The molecule has 0 spiro atoms. The predicted octanol–water partition coefficient (Wildman–Crippen LogP) is 2.43. The smallest absolute Gasteiger partial charge is 0.220 e. The number of ether oxygens (including phenoxy) is 1. The number of nitrogens with one attached hydrogen (secondary N) is 1. The van der Waals surface area contributed by atoms with Crippen molar-refractivity contribution in [3.63, 3.8) is 0 Å². The quantitative estimate of drug-likeness (QED) is 0.725. The van der Waals surface area contributed by atoms with Crippen LogP contribution in [0.3, 0.4) is 0 Å². The van der Waals surface area contributed by atoms with Gasteiger partial charge in [-0.1, -0.05) is 18.2 Å². The molecule has 1 aliphatic carbocycles. The number of hydrogen-bond donors (Lipinski definition) is 2. The van der Waals surface area contributed by atoms with E-state index in [9.17, 15) is 4.79 Å². The summed E-state index contributed by atoms with van der Waals surface area (Å²) in [5.74, 6) is 1.58. The van der Waals surface area contributed by atoms with Crippen molar-refractivity contribution >= 4 is 18.3 Å². The molecule has 3 N–H and O–H groups in total. The third-order valence-electron chi connectivity index (χ3n) is 3.69. The maximum Gasteiger partial charge on any atom is 0.220 e. The maximum absolute atomic E-state index is 11.8. The lowest BCUT2D eigenvalue weighted by Crippen LogP contribution is -2.41. The molecule has 1 unspecified atom stereocenters. The van der Waals surface area contributed by atoms with Gasteiger partial charge in [-0.05, 0) is 43.7 Å². The van der Waals surface area contributed by atoms with E-state index in [0.29, 0.717) is 25.5 Å². The van der Waals surface area contributed by atoms with Crippen molar-refractivity contribution in [2.45, 2.75) is 38.6 Å². The van der Waals surface area contributed by atoms with Crippen LogP contribution in [0.25, 0.3) is 0 Å². The molecule has 1 fully saturated rings. The monoisotopic (exact) mass is 312 g/mol. The van der Waals surface area contributed by atoms with Crippen LogP contribution in [0.4, 0.5) is 0 Å². The Balaban J connectivity index is 0.00000220. The van der Waals surface area contributed by atoms with Crippen LogP contribution < -0.4 is 15.8 Å². The van der Waals surface area contributed by atoms with Crippen LogP contribution in [-0.4, -0.2) is 25.1 Å². The number of amides is 1. The van der Waals surface area contributed by atoms with E-state index in [1.807, 2.05) is 31.2 Å². The second-order valence-electron chi connectivity index (χ2n) is 5.46. The largest absolute Gasteiger partial charge is 0.493 e. The van der Waals surface area contributed by atoms with Gasteiger partial charge in [0, 0.05) is 19.0 Å². The van der Waals surface area contributed by atoms with Gasteiger partial charge in [0.25, 0.3) is 0 Å². The van der Waals surface area contributed by atoms with E-state index in [-0.39, 0.29) is 24.4 Å². The van der Waals surface area contributed by atoms with Crippen LogP contribution in [0.1, 0.15) is 31.2 Å². The van der Waals surface area contributed by atoms with E-state index in [4.69, 9.17) is 10.5 Å². The Hall–Kier alpha value is -1.26. The lowest BCUT2D eigenvalue weighted by Gasteiger charge is -2.16. The second kappa shape index (κ2) is 8.90. The number of nitrogens with two attached hydrogens (primary N) is 1. The lowest BCUT2D eigenvalue weighted by molar-refractivity contribution is -0.122. The van der Waals surface area contributed by atoms with Crippen LogP contribution in [0.5, 0.6) is 5.75 Å². The summed E-state index contributed by atoms with van der Waals surface area (Å²) in [6.45, 7) is 3.12. The second-order valence-corrected chi connectivity index (χ2v) is 5.46. The Morgan fingerprint density at radius 2 is 2.14 bits per heavy atom. The zero-order valence-corrected chi connectivity index (χ0v) is 13.3. The van der Waals surface area contributed by atoms with Gasteiger partial charge in [0.05, 0.1) is 6.61 Å². The number of carbonyl (C=O) groups is 1. The van der Waals surface area contributed by atoms with E-state index in [2.05, 4.69) is 5.32 Å². The minimum Gasteiger partial charge on any atom is -0.493 e. The Labute approximate surface area is 132 Å². The highest BCUT2D eigenvalue weighted by molar-refractivity contribution is 5.85. The Kier molecular flexibility index (Phi) is 7.54. The fourth-order valence-corrected chi connectivity index (χ4v) is 2.28. The molecule has 1 amide bonds. The number of carbonyl (C=O) groups excluding carboxylic acids is 1. The van der Waals surface area contributed by atoms with Crippen molar-refractivity contribution in [3.8, 4) is 5.75 Å². The van der Waals surface area contributed by atoms with E-state index in [1.165, 1.54) is 12.8 Å². The molecule has 0 radical (unpaired) electrons. The van der Waals surface area contributed by atoms with Gasteiger partial charge in [0.2, 0.25) is 5.91 Å². The molecule has 2 rings (SSSR count). The number of para-hydroxylation sites is 1. The molecule has 0 heterocycles. The molecule has 0 saturated heterocycles. The summed E-state index contributed by atoms with van der Waals surface area (Å²) in [7, 11) is 0. The molecule has 1 atom stereocenters. The highest BCUT2D eigenvalue weighted by Crippen LogP contribution is 2.32. The maximum atomic E-state index is 11.8. The van der Waals surface area contributed by atoms with Crippen molar-refractivity contribution in [1.82, 2.24) is 5.32 Å². The zero-order valence-electron chi connectivity index (χ0n) is 12.5. The Morgan fingerprint density at radius 1 is 1.43 bits per heavy atom. The van der Waals surface area contributed by atoms with Gasteiger partial charge >= 0.3 is 0 Å². The molecule has 0 bridgehead atoms. The molecule has 0 aliphatic heterocycles. The normalized spacial score (nSPS) is 15.0. The topological polar surface area (TPSA) is 64.3 Å². The first-order valence-electron chi connectivity index (χ1n) is 7.38. The minimum absolute atomic E-state index is 0. The third kappa shape index (κ3) is 5.94. The summed E-state index contributed by atoms with van der Waals surface area (Å²) in [5.41, 5.74) is 6.79. The number of aryl methyl sites for hydroxylation is 1. The van der Waals surface area contributed by atoms with Crippen LogP contribution >= 0.6 is 12.4 Å². The molecule has 1 aromatic carbocycles. The lowest BCUT2D eigenvalue weighted by atomic mass is 10.2. The summed E-state index contributed by atoms with van der Waals surface area (Å²) in [6, 6.07) is 8.08. The van der Waals surface area contributed by atoms with Gasteiger partial charge < -0.3 is 15.8 Å². The standard InChI is InChI=1S/C16H24N2O2.ClH/c1-12-5-2-3-6-15(12)20-10-4-7-16(19)18-14(11-17)13-8-9-13;/h2-3,5-6,13-14H,4,7-11,17H2,1H3,(H,18,19);1H. The zero-order chi connectivity index (χ0) is 14.4. The van der Waals surface area contributed by atoms with Gasteiger partial charge in [0.1, 0.15) is 5.75 Å². The van der Waals surface area contributed by atoms with Gasteiger partial charge in [0.15, 0.2) is 0 Å². The summed E-state index contributed by atoms with van der Waals surface area (Å²) in [6.07, 6.45) is 3.61. The highest BCUT2D eigenvalue weighted by Gasteiger charge is 2.30. The number of benzene rings is 1. The SMILES string of the molecule is Cc1ccccc1OCCCC(=O)NC(CN)C1CC1.Cl. The fourth-order valence-electron chi connectivity index (χ4n) is 2.28. The molecule has 4 nitrogen and oxygen atoms in total. The average Bonchev–Trinajstić information content (AvgIpc) is 3.27. The molecule has 1 aromatic rings. The van der Waals surface area contributed by atoms with E-state index >= 15 is 0 Å². The third-order valence-corrected chi connectivity index (χ3v) is 3.69. The first-order chi connectivity index (χ1) is 9.70. The first-order valence-corrected chi connectivity index (χ1v) is 7.38. The number of rotatable bonds is 8. The average molecular weight is 313 g/mol. The molecular formula is C16H25ClN2O2. The van der Waals surface area contributed by atoms with Gasteiger partial charge in [-0.25, -0.2) is 0 Å². The highest BCUT2D eigenvalue weighted by atomic mass is 35.5. The predicted molar refractivity (Wildman–Crippen MR) is 86.9 cm³/mol. The molecule has 1 aliphatic rings. The molecule has 1 saturated carbocycles. The van der Waals surface area contributed by atoms with Crippen molar-refractivity contribution in [2.24, 2.45) is 11.7 Å². The Bertz CT molecular complexity index is 450. The van der Waals surface area contributed by atoms with Gasteiger partial charge in [-0.3, -0.25) is 4.79 Å². The van der Waals surface area contributed by atoms with Crippen LogP contribution in [0, 0.1) is 12.8 Å². The van der Waals surface area contributed by atoms with E-state index in [1.54, 1.807) is 0 Å². The molecular weight excluding hydrogens is 288 g/mol. The number of halogens is 1. The van der Waals surface area contributed by atoms with Crippen LogP contribution in [0.2, 0.25) is 0 Å². The van der Waals surface area contributed by atoms with Crippen LogP contribution in [0.15, 0.2) is 24.3 Å². The van der Waals surface area contributed by atoms with Crippen molar-refractivity contribution in [1.29, 1.82) is 0 Å². The minimum atomic E-state index is 0. The molecule has 21 heavy (non-hydrogen) atoms. The molecule has 0 aromatic heterocycles. The van der Waals surface area contributed by atoms with Crippen molar-refractivity contribution < 1.29 is 9.53 Å². The van der Waals surface area contributed by atoms with E-state index in [0.717, 1.165) is 17.7 Å². The molecule has 118 valence electrons. The van der Waals surface area contributed by atoms with Gasteiger partial charge in [-0.2, -0.15) is 0 Å². The summed E-state index contributed by atoms with van der Waals surface area (Å²) in [5, 5.41) is 3.02. The number of hydrogen-bond acceptors (Lipinski definition) is 3. The van der Waals surface area contributed by atoms with Gasteiger partial charge in [-0.15, -0.1) is 12.4 Å².